The lowest BCUT2D eigenvalue weighted by molar-refractivity contribution is -0.123. The molecule has 0 aliphatic rings. The molecule has 1 amide bonds. The second-order valence-corrected chi connectivity index (χ2v) is 8.09. The molecular weight excluding hydrogens is 483 g/mol. The van der Waals surface area contributed by atoms with Crippen molar-refractivity contribution in [1.29, 1.82) is 0 Å². The van der Waals surface area contributed by atoms with E-state index >= 15 is 0 Å². The molecule has 2 aromatic carbocycles. The molecule has 0 aliphatic carbocycles. The molecule has 138 valence electrons. The van der Waals surface area contributed by atoms with Crippen LogP contribution in [0.4, 0.5) is 0 Å². The molecule has 4 nitrogen and oxygen atoms in total. The summed E-state index contributed by atoms with van der Waals surface area (Å²) in [4.78, 5) is 12.0. The Hall–Kier alpha value is -1.37. The van der Waals surface area contributed by atoms with Crippen molar-refractivity contribution in [3.63, 3.8) is 0 Å². The van der Waals surface area contributed by atoms with E-state index in [1.807, 2.05) is 25.1 Å². The maximum atomic E-state index is 12.0. The number of ether oxygens (including phenoxy) is 1. The van der Waals surface area contributed by atoms with Crippen molar-refractivity contribution in [3.05, 3.63) is 61.0 Å². The van der Waals surface area contributed by atoms with Crippen LogP contribution in [-0.2, 0) is 4.79 Å². The first kappa shape index (κ1) is 20.9. The summed E-state index contributed by atoms with van der Waals surface area (Å²) < 4.78 is 7.61. The SMILES string of the molecule is Cc1c(Br)cc(C(C)C)c(OCC(=O)NN=Cc2cccc(Cl)c2)c1Br. The van der Waals surface area contributed by atoms with Crippen molar-refractivity contribution in [2.45, 2.75) is 26.7 Å². The Balaban J connectivity index is 2.02. The van der Waals surface area contributed by atoms with Crippen LogP contribution in [0.5, 0.6) is 5.75 Å². The van der Waals surface area contributed by atoms with Crippen molar-refractivity contribution < 1.29 is 9.53 Å². The largest absolute Gasteiger partial charge is 0.482 e. The van der Waals surface area contributed by atoms with Crippen LogP contribution >= 0.6 is 43.5 Å². The molecule has 7 heteroatoms. The zero-order chi connectivity index (χ0) is 19.3. The predicted octanol–water partition coefficient (Wildman–Crippen LogP) is 5.83. The van der Waals surface area contributed by atoms with E-state index in [0.717, 1.165) is 25.6 Å². The molecule has 0 radical (unpaired) electrons. The van der Waals surface area contributed by atoms with Gasteiger partial charge in [-0.1, -0.05) is 53.5 Å². The van der Waals surface area contributed by atoms with Gasteiger partial charge >= 0.3 is 0 Å². The molecule has 0 bridgehead atoms. The van der Waals surface area contributed by atoms with E-state index in [2.05, 4.69) is 56.2 Å². The molecule has 0 fully saturated rings. The van der Waals surface area contributed by atoms with Crippen molar-refractivity contribution in [1.82, 2.24) is 5.43 Å². The fraction of sp³-hybridized carbons (Fsp3) is 0.263. The summed E-state index contributed by atoms with van der Waals surface area (Å²) in [5.74, 6) is 0.585. The van der Waals surface area contributed by atoms with Gasteiger partial charge in [-0.05, 0) is 63.7 Å². The van der Waals surface area contributed by atoms with E-state index in [9.17, 15) is 4.79 Å². The topological polar surface area (TPSA) is 50.7 Å². The molecule has 0 spiro atoms. The summed E-state index contributed by atoms with van der Waals surface area (Å²) in [6.45, 7) is 5.99. The maximum Gasteiger partial charge on any atom is 0.277 e. The van der Waals surface area contributed by atoms with Crippen LogP contribution in [0.3, 0.4) is 0 Å². The number of nitrogens with zero attached hydrogens (tertiary/aromatic N) is 1. The third-order valence-electron chi connectivity index (χ3n) is 3.65. The van der Waals surface area contributed by atoms with Crippen LogP contribution in [0.1, 0.15) is 36.5 Å². The van der Waals surface area contributed by atoms with Gasteiger partial charge in [-0.2, -0.15) is 5.10 Å². The van der Waals surface area contributed by atoms with Crippen molar-refractivity contribution in [3.8, 4) is 5.75 Å². The highest BCUT2D eigenvalue weighted by Gasteiger charge is 2.17. The van der Waals surface area contributed by atoms with E-state index in [-0.39, 0.29) is 18.4 Å². The molecule has 0 saturated carbocycles. The summed E-state index contributed by atoms with van der Waals surface area (Å²) in [6, 6.07) is 9.21. The monoisotopic (exact) mass is 500 g/mol. The second-order valence-electron chi connectivity index (χ2n) is 6.01. The molecule has 0 atom stereocenters. The molecule has 0 heterocycles. The summed E-state index contributed by atoms with van der Waals surface area (Å²) in [6.07, 6.45) is 1.53. The molecule has 0 aliphatic heterocycles. The molecule has 26 heavy (non-hydrogen) atoms. The highest BCUT2D eigenvalue weighted by atomic mass is 79.9. The molecule has 0 aromatic heterocycles. The molecule has 0 unspecified atom stereocenters. The number of hydrazone groups is 1. The lowest BCUT2D eigenvalue weighted by Gasteiger charge is -2.18. The Morgan fingerprint density at radius 2 is 2.08 bits per heavy atom. The third-order valence-corrected chi connectivity index (χ3v) is 5.67. The van der Waals surface area contributed by atoms with E-state index < -0.39 is 0 Å². The maximum absolute atomic E-state index is 12.0. The average molecular weight is 503 g/mol. The van der Waals surface area contributed by atoms with Gasteiger partial charge in [0.25, 0.3) is 5.91 Å². The molecular formula is C19H19Br2ClN2O2. The van der Waals surface area contributed by atoms with Gasteiger partial charge in [0.15, 0.2) is 6.61 Å². The van der Waals surface area contributed by atoms with E-state index in [1.165, 1.54) is 6.21 Å². The summed E-state index contributed by atoms with van der Waals surface area (Å²) in [7, 11) is 0. The highest BCUT2D eigenvalue weighted by Crippen LogP contribution is 2.40. The van der Waals surface area contributed by atoms with E-state index in [0.29, 0.717) is 10.8 Å². The zero-order valence-electron chi connectivity index (χ0n) is 14.6. The van der Waals surface area contributed by atoms with Crippen LogP contribution in [-0.4, -0.2) is 18.7 Å². The minimum atomic E-state index is -0.342. The fourth-order valence-corrected chi connectivity index (χ4v) is 3.69. The van der Waals surface area contributed by atoms with Gasteiger partial charge in [-0.25, -0.2) is 5.43 Å². The van der Waals surface area contributed by atoms with Crippen molar-refractivity contribution in [2.24, 2.45) is 5.10 Å². The summed E-state index contributed by atoms with van der Waals surface area (Å²) >= 11 is 13.0. The Morgan fingerprint density at radius 1 is 1.35 bits per heavy atom. The minimum Gasteiger partial charge on any atom is -0.482 e. The lowest BCUT2D eigenvalue weighted by atomic mass is 10.0. The quantitative estimate of drug-likeness (QED) is 0.399. The Morgan fingerprint density at radius 3 is 2.73 bits per heavy atom. The van der Waals surface area contributed by atoms with Gasteiger partial charge < -0.3 is 4.74 Å². The van der Waals surface area contributed by atoms with E-state index in [1.54, 1.807) is 12.1 Å². The average Bonchev–Trinajstić information content (AvgIpc) is 2.58. The molecule has 1 N–H and O–H groups in total. The van der Waals surface area contributed by atoms with Crippen LogP contribution in [0.25, 0.3) is 0 Å². The first-order valence-corrected chi connectivity index (χ1v) is 9.94. The third kappa shape index (κ3) is 5.56. The first-order chi connectivity index (χ1) is 12.3. The zero-order valence-corrected chi connectivity index (χ0v) is 18.6. The van der Waals surface area contributed by atoms with Gasteiger partial charge in [0.05, 0.1) is 10.7 Å². The summed E-state index contributed by atoms with van der Waals surface area (Å²) in [5, 5.41) is 4.54. The number of rotatable bonds is 6. The molecule has 2 rings (SSSR count). The minimum absolute atomic E-state index is 0.133. The van der Waals surface area contributed by atoms with Gasteiger partial charge in [-0.3, -0.25) is 4.79 Å². The Bertz CT molecular complexity index is 839. The van der Waals surface area contributed by atoms with E-state index in [4.69, 9.17) is 16.3 Å². The van der Waals surface area contributed by atoms with Crippen LogP contribution in [0.15, 0.2) is 44.4 Å². The second kappa shape index (κ2) is 9.53. The highest BCUT2D eigenvalue weighted by molar-refractivity contribution is 9.11. The lowest BCUT2D eigenvalue weighted by Crippen LogP contribution is -2.25. The number of benzene rings is 2. The predicted molar refractivity (Wildman–Crippen MR) is 113 cm³/mol. The van der Waals surface area contributed by atoms with Crippen molar-refractivity contribution >= 4 is 55.6 Å². The van der Waals surface area contributed by atoms with Gasteiger partial charge in [0.2, 0.25) is 0 Å². The standard InChI is InChI=1S/C19H19Br2ClN2O2/c1-11(2)15-8-16(20)12(3)18(21)19(15)26-10-17(25)24-23-9-13-5-4-6-14(22)7-13/h4-9,11H,10H2,1-3H3,(H,24,25). The number of nitrogens with one attached hydrogen (secondary N) is 1. The number of carbonyl (C=O) groups excluding carboxylic acids is 1. The fourth-order valence-electron chi connectivity index (χ4n) is 2.22. The smallest absolute Gasteiger partial charge is 0.277 e. The Labute approximate surface area is 175 Å². The number of carbonyl (C=O) groups is 1. The molecule has 0 saturated heterocycles. The number of amides is 1. The number of halogens is 3. The normalized spacial score (nSPS) is 11.2. The Kier molecular flexibility index (Phi) is 7.68. The van der Waals surface area contributed by atoms with Crippen molar-refractivity contribution in [2.75, 3.05) is 6.61 Å². The van der Waals surface area contributed by atoms with Crippen LogP contribution in [0, 0.1) is 6.92 Å². The van der Waals surface area contributed by atoms with Crippen LogP contribution < -0.4 is 10.2 Å². The van der Waals surface area contributed by atoms with Gasteiger partial charge in [-0.15, -0.1) is 0 Å². The first-order valence-electron chi connectivity index (χ1n) is 7.98. The van der Waals surface area contributed by atoms with Gasteiger partial charge in [0, 0.05) is 9.50 Å². The van der Waals surface area contributed by atoms with Gasteiger partial charge in [0.1, 0.15) is 5.75 Å². The summed E-state index contributed by atoms with van der Waals surface area (Å²) in [5.41, 5.74) is 5.29. The van der Waals surface area contributed by atoms with Crippen LogP contribution in [0.2, 0.25) is 5.02 Å². The molecule has 2 aromatic rings. The number of hydrogen-bond donors (Lipinski definition) is 1. The number of hydrogen-bond acceptors (Lipinski definition) is 3.